The van der Waals surface area contributed by atoms with Crippen molar-refractivity contribution in [3.63, 3.8) is 0 Å². The van der Waals surface area contributed by atoms with E-state index in [1.54, 1.807) is 7.05 Å². The van der Waals surface area contributed by atoms with E-state index in [1.807, 2.05) is 30.3 Å². The maximum atomic E-state index is 12.0. The number of rotatable bonds is 7. The van der Waals surface area contributed by atoms with Crippen LogP contribution in [0, 0.1) is 6.92 Å². The molecule has 1 atom stereocenters. The van der Waals surface area contributed by atoms with Crippen molar-refractivity contribution in [2.24, 2.45) is 4.99 Å². The molecule has 3 N–H and O–H groups in total. The first kappa shape index (κ1) is 20.7. The molecule has 6 nitrogen and oxygen atoms in total. The number of hydrogen-bond donors (Lipinski definition) is 3. The van der Waals surface area contributed by atoms with Crippen molar-refractivity contribution < 1.29 is 4.79 Å². The summed E-state index contributed by atoms with van der Waals surface area (Å²) < 4.78 is 0. The second-order valence-corrected chi connectivity index (χ2v) is 7.42. The topological polar surface area (TPSA) is 68.8 Å². The number of amides is 1. The van der Waals surface area contributed by atoms with Crippen molar-refractivity contribution in [3.8, 4) is 0 Å². The lowest BCUT2D eigenvalue weighted by atomic mass is 10.2. The first-order valence-corrected chi connectivity index (χ1v) is 10.2. The second-order valence-electron chi connectivity index (χ2n) is 7.42. The highest BCUT2D eigenvalue weighted by Gasteiger charge is 2.23. The largest absolute Gasteiger partial charge is 0.369 e. The van der Waals surface area contributed by atoms with Gasteiger partial charge in [0.2, 0.25) is 5.91 Å². The number of aryl methyl sites for hydroxylation is 1. The van der Waals surface area contributed by atoms with Gasteiger partial charge in [0, 0.05) is 51.4 Å². The van der Waals surface area contributed by atoms with Crippen LogP contribution < -0.4 is 20.9 Å². The summed E-state index contributed by atoms with van der Waals surface area (Å²) in [5.41, 5.74) is 3.64. The van der Waals surface area contributed by atoms with Crippen LogP contribution in [0.4, 0.5) is 5.69 Å². The van der Waals surface area contributed by atoms with E-state index < -0.39 is 0 Å². The first-order chi connectivity index (χ1) is 14.1. The molecule has 1 amide bonds. The minimum absolute atomic E-state index is 0.0308. The van der Waals surface area contributed by atoms with Gasteiger partial charge in [-0.3, -0.25) is 9.79 Å². The molecule has 0 aromatic heterocycles. The molecule has 1 unspecified atom stereocenters. The standard InChI is InChI=1S/C23H31N5O/c1-18-8-10-21(11-9-18)28-15-13-20(17-28)27-23(24-2)25-14-12-22(29)26-16-19-6-4-3-5-7-19/h3-11,20H,12-17H2,1-2H3,(H,26,29)(H2,24,25,27). The lowest BCUT2D eigenvalue weighted by Gasteiger charge is -2.20. The van der Waals surface area contributed by atoms with E-state index in [4.69, 9.17) is 0 Å². The maximum absolute atomic E-state index is 12.0. The van der Waals surface area contributed by atoms with Crippen LogP contribution in [0.2, 0.25) is 0 Å². The third-order valence-electron chi connectivity index (χ3n) is 5.13. The maximum Gasteiger partial charge on any atom is 0.222 e. The minimum Gasteiger partial charge on any atom is -0.369 e. The Morgan fingerprint density at radius 3 is 2.59 bits per heavy atom. The molecule has 1 aliphatic rings. The van der Waals surface area contributed by atoms with Gasteiger partial charge in [0.25, 0.3) is 0 Å². The lowest BCUT2D eigenvalue weighted by Crippen LogP contribution is -2.45. The third kappa shape index (κ3) is 6.52. The predicted molar refractivity (Wildman–Crippen MR) is 119 cm³/mol. The SMILES string of the molecule is CN=C(NCCC(=O)NCc1ccccc1)NC1CCN(c2ccc(C)cc2)C1. The Kier molecular flexibility index (Phi) is 7.50. The van der Waals surface area contributed by atoms with E-state index in [9.17, 15) is 4.79 Å². The summed E-state index contributed by atoms with van der Waals surface area (Å²) in [7, 11) is 1.76. The van der Waals surface area contributed by atoms with Gasteiger partial charge in [-0.05, 0) is 31.0 Å². The van der Waals surface area contributed by atoms with Crippen LogP contribution >= 0.6 is 0 Å². The Bertz CT molecular complexity index is 804. The molecule has 1 saturated heterocycles. The Morgan fingerprint density at radius 2 is 1.86 bits per heavy atom. The molecule has 3 rings (SSSR count). The molecule has 0 saturated carbocycles. The van der Waals surface area contributed by atoms with E-state index >= 15 is 0 Å². The molecule has 0 radical (unpaired) electrons. The number of anilines is 1. The molecule has 1 aliphatic heterocycles. The van der Waals surface area contributed by atoms with Gasteiger partial charge < -0.3 is 20.9 Å². The van der Waals surface area contributed by atoms with Gasteiger partial charge >= 0.3 is 0 Å². The molecule has 0 bridgehead atoms. The lowest BCUT2D eigenvalue weighted by molar-refractivity contribution is -0.121. The van der Waals surface area contributed by atoms with E-state index in [0.717, 1.165) is 31.0 Å². The predicted octanol–water partition coefficient (Wildman–Crippen LogP) is 2.45. The molecule has 29 heavy (non-hydrogen) atoms. The summed E-state index contributed by atoms with van der Waals surface area (Å²) in [6.45, 7) is 5.19. The van der Waals surface area contributed by atoms with Crippen LogP contribution in [0.25, 0.3) is 0 Å². The highest BCUT2D eigenvalue weighted by atomic mass is 16.1. The summed E-state index contributed by atoms with van der Waals surface area (Å²) >= 11 is 0. The van der Waals surface area contributed by atoms with Crippen LogP contribution in [0.3, 0.4) is 0 Å². The van der Waals surface area contributed by atoms with Gasteiger partial charge in [0.05, 0.1) is 0 Å². The quantitative estimate of drug-likeness (QED) is 0.499. The molecule has 154 valence electrons. The minimum atomic E-state index is 0.0308. The number of nitrogens with one attached hydrogen (secondary N) is 3. The van der Waals surface area contributed by atoms with E-state index in [1.165, 1.54) is 11.3 Å². The fraction of sp³-hybridized carbons (Fsp3) is 0.391. The van der Waals surface area contributed by atoms with Crippen molar-refractivity contribution in [2.45, 2.75) is 32.4 Å². The zero-order valence-corrected chi connectivity index (χ0v) is 17.3. The average Bonchev–Trinajstić information content (AvgIpc) is 3.21. The highest BCUT2D eigenvalue weighted by molar-refractivity contribution is 5.81. The van der Waals surface area contributed by atoms with Crippen molar-refractivity contribution >= 4 is 17.6 Å². The highest BCUT2D eigenvalue weighted by Crippen LogP contribution is 2.20. The number of nitrogens with zero attached hydrogens (tertiary/aromatic N) is 2. The van der Waals surface area contributed by atoms with Crippen molar-refractivity contribution in [1.82, 2.24) is 16.0 Å². The number of benzene rings is 2. The summed E-state index contributed by atoms with van der Waals surface area (Å²) in [5.74, 6) is 0.778. The fourth-order valence-electron chi connectivity index (χ4n) is 3.44. The van der Waals surface area contributed by atoms with Crippen LogP contribution in [0.1, 0.15) is 24.0 Å². The van der Waals surface area contributed by atoms with Gasteiger partial charge in [0.15, 0.2) is 5.96 Å². The number of hydrogen-bond acceptors (Lipinski definition) is 3. The van der Waals surface area contributed by atoms with E-state index in [2.05, 4.69) is 57.0 Å². The molecule has 0 spiro atoms. The molecule has 1 heterocycles. The Morgan fingerprint density at radius 1 is 1.10 bits per heavy atom. The fourth-order valence-corrected chi connectivity index (χ4v) is 3.44. The molecular weight excluding hydrogens is 362 g/mol. The van der Waals surface area contributed by atoms with Gasteiger partial charge in [-0.1, -0.05) is 48.0 Å². The Hall–Kier alpha value is -3.02. The summed E-state index contributed by atoms with van der Waals surface area (Å²) in [5, 5.41) is 9.67. The zero-order valence-electron chi connectivity index (χ0n) is 17.3. The van der Waals surface area contributed by atoms with Gasteiger partial charge in [-0.2, -0.15) is 0 Å². The van der Waals surface area contributed by atoms with Crippen LogP contribution in [0.5, 0.6) is 0 Å². The van der Waals surface area contributed by atoms with Gasteiger partial charge in [0.1, 0.15) is 0 Å². The van der Waals surface area contributed by atoms with Gasteiger partial charge in [-0.15, -0.1) is 0 Å². The second kappa shape index (κ2) is 10.5. The number of carbonyl (C=O) groups is 1. The smallest absolute Gasteiger partial charge is 0.222 e. The average molecular weight is 394 g/mol. The normalized spacial score (nSPS) is 16.6. The summed E-state index contributed by atoms with van der Waals surface area (Å²) in [6.07, 6.45) is 1.47. The van der Waals surface area contributed by atoms with E-state index in [0.29, 0.717) is 25.6 Å². The van der Waals surface area contributed by atoms with Crippen molar-refractivity contribution in [1.29, 1.82) is 0 Å². The Labute approximate surface area is 173 Å². The van der Waals surface area contributed by atoms with Crippen LogP contribution in [0.15, 0.2) is 59.6 Å². The van der Waals surface area contributed by atoms with Crippen LogP contribution in [-0.4, -0.2) is 44.6 Å². The Balaban J connectivity index is 1.36. The number of carbonyl (C=O) groups excluding carboxylic acids is 1. The monoisotopic (exact) mass is 393 g/mol. The molecule has 6 heteroatoms. The summed E-state index contributed by atoms with van der Waals surface area (Å²) in [4.78, 5) is 18.7. The van der Waals surface area contributed by atoms with Crippen molar-refractivity contribution in [2.75, 3.05) is 31.6 Å². The number of aliphatic imine (C=N–C) groups is 1. The molecule has 0 aliphatic carbocycles. The van der Waals surface area contributed by atoms with Crippen molar-refractivity contribution in [3.05, 3.63) is 65.7 Å². The third-order valence-corrected chi connectivity index (χ3v) is 5.13. The van der Waals surface area contributed by atoms with Gasteiger partial charge in [-0.25, -0.2) is 0 Å². The molecule has 2 aromatic carbocycles. The van der Waals surface area contributed by atoms with Crippen LogP contribution in [-0.2, 0) is 11.3 Å². The first-order valence-electron chi connectivity index (χ1n) is 10.2. The molecule has 1 fully saturated rings. The van der Waals surface area contributed by atoms with E-state index in [-0.39, 0.29) is 5.91 Å². The zero-order chi connectivity index (χ0) is 20.5. The summed E-state index contributed by atoms with van der Waals surface area (Å²) in [6, 6.07) is 18.9. The number of guanidine groups is 1. The molecule has 2 aromatic rings. The molecular formula is C23H31N5O.